The Bertz CT molecular complexity index is 1160. The van der Waals surface area contributed by atoms with Gasteiger partial charge in [-0.3, -0.25) is 14.5 Å². The Balaban J connectivity index is 1.70. The van der Waals surface area contributed by atoms with Gasteiger partial charge in [0.1, 0.15) is 0 Å². The predicted octanol–water partition coefficient (Wildman–Crippen LogP) is 6.13. The summed E-state index contributed by atoms with van der Waals surface area (Å²) in [5, 5.41) is 0.822. The van der Waals surface area contributed by atoms with Crippen LogP contribution in [0.25, 0.3) is 17.0 Å². The first-order chi connectivity index (χ1) is 14.0. The molecule has 0 saturated carbocycles. The molecule has 0 N–H and O–H groups in total. The van der Waals surface area contributed by atoms with Gasteiger partial charge in [0.15, 0.2) is 0 Å². The van der Waals surface area contributed by atoms with Gasteiger partial charge in [-0.1, -0.05) is 52.3 Å². The molecule has 0 unspecified atom stereocenters. The van der Waals surface area contributed by atoms with Crippen molar-refractivity contribution in [3.8, 4) is 0 Å². The standard InChI is InChI=1S/C23H19BrN2O2S/c1-3-12-25-15(2)19(18-6-4-5-7-20(18)25)13-21-22(27)26(23(28)29-21)14-16-8-10-17(24)11-9-16/h3-11,13H,1,12,14H2,2H3/b21-13-. The van der Waals surface area contributed by atoms with E-state index in [4.69, 9.17) is 0 Å². The highest BCUT2D eigenvalue weighted by Crippen LogP contribution is 2.36. The van der Waals surface area contributed by atoms with Crippen LogP contribution >= 0.6 is 27.7 Å². The van der Waals surface area contributed by atoms with Crippen molar-refractivity contribution in [2.24, 2.45) is 0 Å². The summed E-state index contributed by atoms with van der Waals surface area (Å²) in [6, 6.07) is 15.7. The maximum Gasteiger partial charge on any atom is 0.293 e. The summed E-state index contributed by atoms with van der Waals surface area (Å²) >= 11 is 4.40. The van der Waals surface area contributed by atoms with E-state index in [1.54, 1.807) is 0 Å². The van der Waals surface area contributed by atoms with Crippen molar-refractivity contribution >= 4 is 55.8 Å². The van der Waals surface area contributed by atoms with Crippen LogP contribution in [0.2, 0.25) is 0 Å². The van der Waals surface area contributed by atoms with Gasteiger partial charge in [0.25, 0.3) is 11.1 Å². The number of hydrogen-bond donors (Lipinski definition) is 0. The van der Waals surface area contributed by atoms with E-state index >= 15 is 0 Å². The SMILES string of the molecule is C=CCn1c(C)c(/C=C2\SC(=O)N(Cc3ccc(Br)cc3)C2=O)c2ccccc21. The van der Waals surface area contributed by atoms with Crippen LogP contribution in [0.3, 0.4) is 0 Å². The molecular weight excluding hydrogens is 448 g/mol. The van der Waals surface area contributed by atoms with Crippen LogP contribution in [-0.4, -0.2) is 20.6 Å². The molecule has 6 heteroatoms. The highest BCUT2D eigenvalue weighted by atomic mass is 79.9. The monoisotopic (exact) mass is 466 g/mol. The van der Waals surface area contributed by atoms with Crippen molar-refractivity contribution in [3.63, 3.8) is 0 Å². The molecule has 1 fully saturated rings. The largest absolute Gasteiger partial charge is 0.340 e. The van der Waals surface area contributed by atoms with E-state index in [0.29, 0.717) is 11.4 Å². The van der Waals surface area contributed by atoms with Crippen LogP contribution < -0.4 is 0 Å². The van der Waals surface area contributed by atoms with E-state index in [1.165, 1.54) is 4.90 Å². The Hall–Kier alpha value is -2.57. The van der Waals surface area contributed by atoms with Crippen molar-refractivity contribution in [2.75, 3.05) is 0 Å². The summed E-state index contributed by atoms with van der Waals surface area (Å²) in [6.07, 6.45) is 3.71. The Morgan fingerprint density at radius 1 is 1.10 bits per heavy atom. The first-order valence-electron chi connectivity index (χ1n) is 9.18. The fraction of sp³-hybridized carbons (Fsp3) is 0.130. The van der Waals surface area contributed by atoms with Crippen LogP contribution in [0, 0.1) is 6.92 Å². The molecule has 0 radical (unpaired) electrons. The van der Waals surface area contributed by atoms with Crippen LogP contribution in [-0.2, 0) is 17.9 Å². The number of allylic oxidation sites excluding steroid dienone is 1. The second kappa shape index (κ2) is 8.05. The number of imide groups is 1. The molecular formula is C23H19BrN2O2S. The number of rotatable bonds is 5. The topological polar surface area (TPSA) is 42.3 Å². The minimum atomic E-state index is -0.247. The molecule has 1 aromatic heterocycles. The molecule has 29 heavy (non-hydrogen) atoms. The molecule has 2 aromatic carbocycles. The summed E-state index contributed by atoms with van der Waals surface area (Å²) in [5.74, 6) is -0.247. The Labute approximate surface area is 182 Å². The fourth-order valence-corrected chi connectivity index (χ4v) is 4.63. The van der Waals surface area contributed by atoms with Crippen molar-refractivity contribution in [1.82, 2.24) is 9.47 Å². The van der Waals surface area contributed by atoms with E-state index < -0.39 is 0 Å². The number of thioether (sulfide) groups is 1. The van der Waals surface area contributed by atoms with E-state index in [9.17, 15) is 9.59 Å². The smallest absolute Gasteiger partial charge is 0.293 e. The number of benzene rings is 2. The molecule has 4 rings (SSSR count). The third kappa shape index (κ3) is 3.70. The van der Waals surface area contributed by atoms with E-state index in [1.807, 2.05) is 61.5 Å². The average Bonchev–Trinajstić information content (AvgIpc) is 3.13. The lowest BCUT2D eigenvalue weighted by molar-refractivity contribution is -0.123. The van der Waals surface area contributed by atoms with E-state index in [2.05, 4.69) is 33.1 Å². The number of fused-ring (bicyclic) bond motifs is 1. The summed E-state index contributed by atoms with van der Waals surface area (Å²) in [6.45, 7) is 6.83. The van der Waals surface area contributed by atoms with E-state index in [0.717, 1.165) is 44.0 Å². The molecule has 0 spiro atoms. The van der Waals surface area contributed by atoms with Gasteiger partial charge in [-0.2, -0.15) is 0 Å². The number of aromatic nitrogens is 1. The third-order valence-electron chi connectivity index (χ3n) is 4.99. The number of para-hydroxylation sites is 1. The normalized spacial score (nSPS) is 15.7. The van der Waals surface area contributed by atoms with Gasteiger partial charge >= 0.3 is 0 Å². The van der Waals surface area contributed by atoms with Gasteiger partial charge in [-0.15, -0.1) is 6.58 Å². The van der Waals surface area contributed by atoms with Crippen LogP contribution in [0.5, 0.6) is 0 Å². The summed E-state index contributed by atoms with van der Waals surface area (Å²) < 4.78 is 3.13. The molecule has 1 saturated heterocycles. The molecule has 0 bridgehead atoms. The highest BCUT2D eigenvalue weighted by molar-refractivity contribution is 9.10. The van der Waals surface area contributed by atoms with Crippen LogP contribution in [0.15, 0.2) is 70.6 Å². The molecule has 2 heterocycles. The molecule has 1 aliphatic rings. The van der Waals surface area contributed by atoms with Gasteiger partial charge in [0.05, 0.1) is 11.4 Å². The number of nitrogens with zero attached hydrogens (tertiary/aromatic N) is 2. The van der Waals surface area contributed by atoms with Gasteiger partial charge in [-0.25, -0.2) is 0 Å². The van der Waals surface area contributed by atoms with Crippen molar-refractivity contribution in [2.45, 2.75) is 20.0 Å². The Morgan fingerprint density at radius 2 is 1.83 bits per heavy atom. The van der Waals surface area contributed by atoms with Crippen LogP contribution in [0.1, 0.15) is 16.8 Å². The zero-order valence-electron chi connectivity index (χ0n) is 15.9. The fourth-order valence-electron chi connectivity index (χ4n) is 3.54. The zero-order valence-corrected chi connectivity index (χ0v) is 18.3. The Morgan fingerprint density at radius 3 is 2.55 bits per heavy atom. The predicted molar refractivity (Wildman–Crippen MR) is 123 cm³/mol. The van der Waals surface area contributed by atoms with Gasteiger partial charge in [-0.05, 0) is 48.5 Å². The highest BCUT2D eigenvalue weighted by Gasteiger charge is 2.35. The molecule has 0 atom stereocenters. The number of hydrogen-bond acceptors (Lipinski definition) is 3. The lowest BCUT2D eigenvalue weighted by Crippen LogP contribution is -2.27. The second-order valence-corrected chi connectivity index (χ2v) is 8.72. The number of halogens is 1. The van der Waals surface area contributed by atoms with Crippen molar-refractivity contribution < 1.29 is 9.59 Å². The van der Waals surface area contributed by atoms with Gasteiger partial charge in [0, 0.05) is 33.2 Å². The summed E-state index contributed by atoms with van der Waals surface area (Å²) in [7, 11) is 0. The quantitative estimate of drug-likeness (QED) is 0.335. The summed E-state index contributed by atoms with van der Waals surface area (Å²) in [4.78, 5) is 27.2. The first kappa shape index (κ1) is 19.7. The lowest BCUT2D eigenvalue weighted by Gasteiger charge is -2.12. The molecule has 1 aliphatic heterocycles. The molecule has 4 nitrogen and oxygen atoms in total. The molecule has 2 amide bonds. The number of amides is 2. The van der Waals surface area contributed by atoms with Gasteiger partial charge in [0.2, 0.25) is 0 Å². The average molecular weight is 467 g/mol. The third-order valence-corrected chi connectivity index (χ3v) is 6.43. The first-order valence-corrected chi connectivity index (χ1v) is 10.8. The van der Waals surface area contributed by atoms with Gasteiger partial charge < -0.3 is 4.57 Å². The zero-order chi connectivity index (χ0) is 20.5. The molecule has 146 valence electrons. The number of carbonyl (C=O) groups excluding carboxylic acids is 2. The van der Waals surface area contributed by atoms with Crippen molar-refractivity contribution in [3.05, 3.63) is 87.4 Å². The Kier molecular flexibility index (Phi) is 5.48. The molecule has 0 aliphatic carbocycles. The number of carbonyl (C=O) groups is 2. The van der Waals surface area contributed by atoms with E-state index in [-0.39, 0.29) is 17.7 Å². The summed E-state index contributed by atoms with van der Waals surface area (Å²) in [5.41, 5.74) is 4.02. The minimum absolute atomic E-state index is 0.239. The van der Waals surface area contributed by atoms with Crippen LogP contribution in [0.4, 0.5) is 4.79 Å². The maximum absolute atomic E-state index is 13.0. The van der Waals surface area contributed by atoms with Crippen molar-refractivity contribution in [1.29, 1.82) is 0 Å². The minimum Gasteiger partial charge on any atom is -0.340 e. The molecule has 3 aromatic rings. The maximum atomic E-state index is 13.0. The second-order valence-electron chi connectivity index (χ2n) is 6.81. The lowest BCUT2D eigenvalue weighted by atomic mass is 10.1.